The fourth-order valence-electron chi connectivity index (χ4n) is 2.12. The number of carbonyl (C=O) groups excluding carboxylic acids is 1. The third-order valence-corrected chi connectivity index (χ3v) is 2.76. The number of methoxy groups -OCH3 is 1. The Balaban J connectivity index is 2.26. The van der Waals surface area contributed by atoms with Crippen molar-refractivity contribution in [2.45, 2.75) is 44.1 Å². The summed E-state index contributed by atoms with van der Waals surface area (Å²) in [6, 6.07) is 0. The highest BCUT2D eigenvalue weighted by atomic mass is 16.8. The van der Waals surface area contributed by atoms with Crippen molar-refractivity contribution in [1.82, 2.24) is 0 Å². The Morgan fingerprint density at radius 3 is 2.62 bits per heavy atom. The fourth-order valence-corrected chi connectivity index (χ4v) is 2.12. The Morgan fingerprint density at radius 1 is 1.38 bits per heavy atom. The first-order chi connectivity index (χ1) is 7.48. The van der Waals surface area contributed by atoms with E-state index in [1.165, 1.54) is 7.11 Å². The van der Waals surface area contributed by atoms with Gasteiger partial charge in [-0.3, -0.25) is 0 Å². The molecule has 0 aromatic rings. The lowest BCUT2D eigenvalue weighted by atomic mass is 10.0. The van der Waals surface area contributed by atoms with E-state index in [1.54, 1.807) is 19.9 Å². The molecule has 2 heterocycles. The summed E-state index contributed by atoms with van der Waals surface area (Å²) in [7, 11) is 1.46. The lowest BCUT2D eigenvalue weighted by Gasteiger charge is -2.41. The van der Waals surface area contributed by atoms with E-state index in [-0.39, 0.29) is 6.10 Å². The lowest BCUT2D eigenvalue weighted by Crippen LogP contribution is -2.54. The average Bonchev–Trinajstić information content (AvgIpc) is 2.51. The van der Waals surface area contributed by atoms with Crippen molar-refractivity contribution in [3.63, 3.8) is 0 Å². The standard InChI is InChI=1S/C11H16O5/c1-5-6-7-8(16-11(2,3)15-6)9(13-4)10(12)14-7/h5-9H,1H2,2-4H3/t6-,7+,8?,9-/m1/s1. The molecule has 2 aliphatic heterocycles. The number of hydrogen-bond acceptors (Lipinski definition) is 5. The molecule has 2 fully saturated rings. The van der Waals surface area contributed by atoms with Crippen molar-refractivity contribution in [2.75, 3.05) is 7.11 Å². The molecule has 5 heteroatoms. The summed E-state index contributed by atoms with van der Waals surface area (Å²) in [5.74, 6) is -1.18. The molecule has 0 bridgehead atoms. The zero-order chi connectivity index (χ0) is 11.9. The van der Waals surface area contributed by atoms with E-state index in [4.69, 9.17) is 18.9 Å². The highest BCUT2D eigenvalue weighted by molar-refractivity contribution is 5.78. The van der Waals surface area contributed by atoms with Crippen molar-refractivity contribution in [3.05, 3.63) is 12.7 Å². The van der Waals surface area contributed by atoms with Crippen molar-refractivity contribution in [3.8, 4) is 0 Å². The van der Waals surface area contributed by atoms with Crippen LogP contribution in [0.5, 0.6) is 0 Å². The van der Waals surface area contributed by atoms with Crippen molar-refractivity contribution in [2.24, 2.45) is 0 Å². The van der Waals surface area contributed by atoms with Gasteiger partial charge in [0.2, 0.25) is 0 Å². The van der Waals surface area contributed by atoms with Gasteiger partial charge in [-0.25, -0.2) is 4.79 Å². The second-order valence-electron chi connectivity index (χ2n) is 4.36. The molecule has 2 rings (SSSR count). The number of carbonyl (C=O) groups is 1. The summed E-state index contributed by atoms with van der Waals surface area (Å²) in [6.45, 7) is 7.25. The van der Waals surface area contributed by atoms with E-state index in [0.717, 1.165) is 0 Å². The molecule has 0 aliphatic carbocycles. The second kappa shape index (κ2) is 3.84. The van der Waals surface area contributed by atoms with Gasteiger partial charge in [0.25, 0.3) is 0 Å². The van der Waals surface area contributed by atoms with Gasteiger partial charge < -0.3 is 18.9 Å². The maximum atomic E-state index is 11.5. The summed E-state index contributed by atoms with van der Waals surface area (Å²) in [5, 5.41) is 0. The zero-order valence-electron chi connectivity index (χ0n) is 9.64. The summed E-state index contributed by atoms with van der Waals surface area (Å²) < 4.78 is 21.5. The van der Waals surface area contributed by atoms with Gasteiger partial charge in [-0.15, -0.1) is 6.58 Å². The average molecular weight is 228 g/mol. The highest BCUT2D eigenvalue weighted by Crippen LogP contribution is 2.35. The van der Waals surface area contributed by atoms with Gasteiger partial charge in [0, 0.05) is 7.11 Å². The van der Waals surface area contributed by atoms with Crippen LogP contribution in [0.15, 0.2) is 12.7 Å². The van der Waals surface area contributed by atoms with E-state index in [0.29, 0.717) is 0 Å². The molecule has 2 saturated heterocycles. The van der Waals surface area contributed by atoms with Crippen LogP contribution in [0.1, 0.15) is 13.8 Å². The first kappa shape index (κ1) is 11.6. The minimum Gasteiger partial charge on any atom is -0.454 e. The molecule has 16 heavy (non-hydrogen) atoms. The zero-order valence-corrected chi connectivity index (χ0v) is 9.64. The normalized spacial score (nSPS) is 41.3. The SMILES string of the molecule is C=C[C@H]1OC(C)(C)OC2[C@H]1OC(=O)[C@@H]2OC. The first-order valence-corrected chi connectivity index (χ1v) is 5.20. The van der Waals surface area contributed by atoms with Crippen LogP contribution in [0.4, 0.5) is 0 Å². The van der Waals surface area contributed by atoms with Gasteiger partial charge in [0.1, 0.15) is 12.2 Å². The molecule has 2 aliphatic rings. The summed E-state index contributed by atoms with van der Waals surface area (Å²) >= 11 is 0. The molecule has 0 radical (unpaired) electrons. The Kier molecular flexibility index (Phi) is 2.77. The predicted octanol–water partition coefficient (Wildman–Crippen LogP) is 0.633. The van der Waals surface area contributed by atoms with Crippen LogP contribution < -0.4 is 0 Å². The summed E-state index contributed by atoms with van der Waals surface area (Å²) in [4.78, 5) is 11.5. The molecule has 0 amide bonds. The van der Waals surface area contributed by atoms with Gasteiger partial charge in [0.05, 0.1) is 0 Å². The van der Waals surface area contributed by atoms with Crippen molar-refractivity contribution in [1.29, 1.82) is 0 Å². The Labute approximate surface area is 94.3 Å². The van der Waals surface area contributed by atoms with Crippen LogP contribution in [-0.4, -0.2) is 43.3 Å². The minimum atomic E-state index is -0.773. The van der Waals surface area contributed by atoms with E-state index in [2.05, 4.69) is 6.58 Å². The summed E-state index contributed by atoms with van der Waals surface area (Å²) in [6.07, 6.45) is -0.339. The van der Waals surface area contributed by atoms with Crippen LogP contribution >= 0.6 is 0 Å². The third-order valence-electron chi connectivity index (χ3n) is 2.76. The van der Waals surface area contributed by atoms with E-state index >= 15 is 0 Å². The molecule has 0 spiro atoms. The Morgan fingerprint density at radius 2 is 2.06 bits per heavy atom. The molecule has 5 nitrogen and oxygen atoms in total. The predicted molar refractivity (Wildman–Crippen MR) is 54.7 cm³/mol. The van der Waals surface area contributed by atoms with Crippen LogP contribution in [0, 0.1) is 0 Å². The first-order valence-electron chi connectivity index (χ1n) is 5.20. The van der Waals surface area contributed by atoms with Crippen LogP contribution in [0.25, 0.3) is 0 Å². The molecular formula is C11H16O5. The largest absolute Gasteiger partial charge is 0.454 e. The monoisotopic (exact) mass is 228 g/mol. The van der Waals surface area contributed by atoms with Crippen molar-refractivity contribution >= 4 is 5.97 Å². The summed E-state index contributed by atoms with van der Waals surface area (Å²) in [5.41, 5.74) is 0. The molecular weight excluding hydrogens is 212 g/mol. The number of fused-ring (bicyclic) bond motifs is 1. The molecule has 90 valence electrons. The minimum absolute atomic E-state index is 0.363. The smallest absolute Gasteiger partial charge is 0.338 e. The topological polar surface area (TPSA) is 54.0 Å². The van der Waals surface area contributed by atoms with Crippen LogP contribution in [0.2, 0.25) is 0 Å². The van der Waals surface area contributed by atoms with Crippen molar-refractivity contribution < 1.29 is 23.7 Å². The molecule has 0 saturated carbocycles. The van der Waals surface area contributed by atoms with Crippen LogP contribution in [0.3, 0.4) is 0 Å². The molecule has 1 unspecified atom stereocenters. The highest BCUT2D eigenvalue weighted by Gasteiger charge is 2.55. The number of ether oxygens (including phenoxy) is 4. The van der Waals surface area contributed by atoms with Gasteiger partial charge in [-0.1, -0.05) is 6.08 Å². The van der Waals surface area contributed by atoms with E-state index < -0.39 is 30.1 Å². The van der Waals surface area contributed by atoms with E-state index in [9.17, 15) is 4.79 Å². The van der Waals surface area contributed by atoms with Crippen LogP contribution in [-0.2, 0) is 23.7 Å². The van der Waals surface area contributed by atoms with Gasteiger partial charge >= 0.3 is 5.97 Å². The maximum absolute atomic E-state index is 11.5. The second-order valence-corrected chi connectivity index (χ2v) is 4.36. The molecule has 0 aromatic heterocycles. The quantitative estimate of drug-likeness (QED) is 0.512. The number of hydrogen-bond donors (Lipinski definition) is 0. The molecule has 0 aromatic carbocycles. The molecule has 0 N–H and O–H groups in total. The number of rotatable bonds is 2. The lowest BCUT2D eigenvalue weighted by molar-refractivity contribution is -0.318. The van der Waals surface area contributed by atoms with Gasteiger partial charge in [-0.2, -0.15) is 0 Å². The van der Waals surface area contributed by atoms with E-state index in [1.807, 2.05) is 0 Å². The maximum Gasteiger partial charge on any atom is 0.338 e. The third kappa shape index (κ3) is 1.75. The molecule has 4 atom stereocenters. The fraction of sp³-hybridized carbons (Fsp3) is 0.727. The number of esters is 1. The Hall–Kier alpha value is -0.910. The van der Waals surface area contributed by atoms with Gasteiger partial charge in [-0.05, 0) is 13.8 Å². The Bertz CT molecular complexity index is 311. The van der Waals surface area contributed by atoms with Gasteiger partial charge in [0.15, 0.2) is 18.0 Å².